The monoisotopic (exact) mass is 389 g/mol. The van der Waals surface area contributed by atoms with Gasteiger partial charge in [0, 0.05) is 6.54 Å². The van der Waals surface area contributed by atoms with Crippen LogP contribution in [-0.2, 0) is 0 Å². The van der Waals surface area contributed by atoms with Crippen molar-refractivity contribution in [3.8, 4) is 5.75 Å². The fourth-order valence-electron chi connectivity index (χ4n) is 2.37. The second kappa shape index (κ2) is 7.71. The highest BCUT2D eigenvalue weighted by molar-refractivity contribution is 14.0. The lowest BCUT2D eigenvalue weighted by Gasteiger charge is -2.13. The number of aliphatic imine (C=N–C) groups is 1. The molecule has 1 aliphatic rings. The molecule has 5 heteroatoms. The van der Waals surface area contributed by atoms with Crippen molar-refractivity contribution in [1.82, 2.24) is 0 Å². The molecule has 1 fully saturated rings. The van der Waals surface area contributed by atoms with Crippen molar-refractivity contribution in [2.24, 2.45) is 16.1 Å². The summed E-state index contributed by atoms with van der Waals surface area (Å²) in [7, 11) is 1.65. The summed E-state index contributed by atoms with van der Waals surface area (Å²) < 4.78 is 5.27. The van der Waals surface area contributed by atoms with E-state index < -0.39 is 0 Å². The third kappa shape index (κ3) is 4.54. The molecule has 0 bridgehead atoms. The van der Waals surface area contributed by atoms with Gasteiger partial charge in [-0.3, -0.25) is 4.99 Å². The summed E-state index contributed by atoms with van der Waals surface area (Å²) in [5.41, 5.74) is 7.23. The molecule has 0 unspecified atom stereocenters. The lowest BCUT2D eigenvalue weighted by Crippen LogP contribution is -2.24. The van der Waals surface area contributed by atoms with Crippen LogP contribution in [0.1, 0.15) is 32.6 Å². The predicted octanol–water partition coefficient (Wildman–Crippen LogP) is 3.62. The van der Waals surface area contributed by atoms with E-state index in [1.54, 1.807) is 7.11 Å². The number of nitrogens with one attached hydrogen (secondary N) is 1. The molecule has 0 aliphatic heterocycles. The fraction of sp³-hybridized carbons (Fsp3) is 0.533. The van der Waals surface area contributed by atoms with Crippen molar-refractivity contribution in [2.45, 2.75) is 32.6 Å². The number of nitrogens with zero attached hydrogens (tertiary/aromatic N) is 1. The van der Waals surface area contributed by atoms with Gasteiger partial charge in [-0.2, -0.15) is 0 Å². The third-order valence-corrected chi connectivity index (χ3v) is 3.69. The highest BCUT2D eigenvalue weighted by Gasteiger charge is 2.41. The average Bonchev–Trinajstić information content (AvgIpc) is 3.18. The van der Waals surface area contributed by atoms with Gasteiger partial charge in [-0.25, -0.2) is 0 Å². The quantitative estimate of drug-likeness (QED) is 0.444. The van der Waals surface area contributed by atoms with Crippen LogP contribution < -0.4 is 15.8 Å². The molecule has 2 rings (SSSR count). The van der Waals surface area contributed by atoms with Crippen molar-refractivity contribution in [3.05, 3.63) is 24.3 Å². The molecule has 112 valence electrons. The maximum absolute atomic E-state index is 5.94. The lowest BCUT2D eigenvalue weighted by molar-refractivity contribution is 0.417. The molecular formula is C15H24IN3O. The van der Waals surface area contributed by atoms with E-state index in [2.05, 4.69) is 17.2 Å². The van der Waals surface area contributed by atoms with Crippen LogP contribution in [0.25, 0.3) is 0 Å². The summed E-state index contributed by atoms with van der Waals surface area (Å²) in [4.78, 5) is 4.48. The number of nitrogens with two attached hydrogens (primary N) is 1. The zero-order chi connectivity index (χ0) is 13.7. The van der Waals surface area contributed by atoms with Gasteiger partial charge in [0.15, 0.2) is 5.96 Å². The predicted molar refractivity (Wildman–Crippen MR) is 95.1 cm³/mol. The molecule has 1 aromatic carbocycles. The number of para-hydroxylation sites is 2. The van der Waals surface area contributed by atoms with Gasteiger partial charge < -0.3 is 15.8 Å². The van der Waals surface area contributed by atoms with Crippen LogP contribution in [0.15, 0.2) is 29.3 Å². The molecule has 0 amide bonds. The van der Waals surface area contributed by atoms with Gasteiger partial charge in [-0.1, -0.05) is 25.5 Å². The highest BCUT2D eigenvalue weighted by Crippen LogP contribution is 2.49. The Labute approximate surface area is 138 Å². The molecule has 0 spiro atoms. The zero-order valence-electron chi connectivity index (χ0n) is 12.2. The number of anilines is 1. The Kier molecular flexibility index (Phi) is 6.58. The summed E-state index contributed by atoms with van der Waals surface area (Å²) in [5.74, 6) is 1.24. The minimum absolute atomic E-state index is 0. The van der Waals surface area contributed by atoms with Crippen LogP contribution in [0.4, 0.5) is 5.69 Å². The van der Waals surface area contributed by atoms with Crippen molar-refractivity contribution >= 4 is 35.6 Å². The van der Waals surface area contributed by atoms with Crippen molar-refractivity contribution in [3.63, 3.8) is 0 Å². The number of guanidine groups is 1. The number of benzene rings is 1. The smallest absolute Gasteiger partial charge is 0.193 e. The van der Waals surface area contributed by atoms with Crippen LogP contribution in [-0.4, -0.2) is 19.6 Å². The maximum atomic E-state index is 5.94. The molecule has 0 radical (unpaired) electrons. The van der Waals surface area contributed by atoms with Crippen LogP contribution in [0.3, 0.4) is 0 Å². The average molecular weight is 389 g/mol. The minimum Gasteiger partial charge on any atom is -0.495 e. The topological polar surface area (TPSA) is 59.6 Å². The molecule has 3 N–H and O–H groups in total. The minimum atomic E-state index is 0. The number of ether oxygens (including phenoxy) is 1. The second-order valence-corrected chi connectivity index (χ2v) is 5.28. The number of hydrogen-bond acceptors (Lipinski definition) is 2. The fourth-order valence-corrected chi connectivity index (χ4v) is 2.37. The first kappa shape index (κ1) is 17.1. The molecule has 1 aromatic rings. The van der Waals surface area contributed by atoms with Crippen molar-refractivity contribution < 1.29 is 4.74 Å². The number of rotatable bonds is 6. The molecular weight excluding hydrogens is 365 g/mol. The Morgan fingerprint density at radius 3 is 2.70 bits per heavy atom. The first-order valence-electron chi connectivity index (χ1n) is 6.89. The third-order valence-electron chi connectivity index (χ3n) is 3.69. The first-order chi connectivity index (χ1) is 9.19. The largest absolute Gasteiger partial charge is 0.495 e. The summed E-state index contributed by atoms with van der Waals surface area (Å²) >= 11 is 0. The van der Waals surface area contributed by atoms with Gasteiger partial charge in [0.2, 0.25) is 0 Å². The lowest BCUT2D eigenvalue weighted by atomic mass is 10.0. The Bertz CT molecular complexity index is 458. The van der Waals surface area contributed by atoms with Gasteiger partial charge in [-0.15, -0.1) is 24.0 Å². The molecule has 4 nitrogen and oxygen atoms in total. The Morgan fingerprint density at radius 1 is 1.40 bits per heavy atom. The zero-order valence-corrected chi connectivity index (χ0v) is 14.5. The molecule has 1 saturated carbocycles. The van der Waals surface area contributed by atoms with E-state index in [4.69, 9.17) is 10.5 Å². The maximum Gasteiger partial charge on any atom is 0.193 e. The van der Waals surface area contributed by atoms with E-state index >= 15 is 0 Å². The van der Waals surface area contributed by atoms with E-state index in [0.29, 0.717) is 11.4 Å². The summed E-state index contributed by atoms with van der Waals surface area (Å²) in [5, 5.41) is 3.11. The van der Waals surface area contributed by atoms with Crippen molar-refractivity contribution in [1.29, 1.82) is 0 Å². The molecule has 0 atom stereocenters. The van der Waals surface area contributed by atoms with E-state index in [1.165, 1.54) is 25.7 Å². The van der Waals surface area contributed by atoms with Crippen LogP contribution in [0.5, 0.6) is 5.75 Å². The summed E-state index contributed by atoms with van der Waals surface area (Å²) in [6.45, 7) is 3.05. The highest BCUT2D eigenvalue weighted by atomic mass is 127. The first-order valence-corrected chi connectivity index (χ1v) is 6.89. The van der Waals surface area contributed by atoms with Gasteiger partial charge in [0.05, 0.1) is 12.8 Å². The van der Waals surface area contributed by atoms with Gasteiger partial charge in [-0.05, 0) is 36.8 Å². The van der Waals surface area contributed by atoms with E-state index in [9.17, 15) is 0 Å². The number of methoxy groups -OCH3 is 1. The standard InChI is InChI=1S/C15H23N3O.HI/c1-3-8-15(9-10-15)11-17-14(16)18-12-6-4-5-7-13(12)19-2;/h4-7H,3,8-11H2,1-2H3,(H3,16,17,18);1H. The van der Waals surface area contributed by atoms with Crippen LogP contribution in [0, 0.1) is 5.41 Å². The molecule has 0 aromatic heterocycles. The van der Waals surface area contributed by atoms with Crippen molar-refractivity contribution in [2.75, 3.05) is 19.0 Å². The number of halogens is 1. The molecule has 0 heterocycles. The van der Waals surface area contributed by atoms with E-state index in [0.717, 1.165) is 18.0 Å². The Balaban J connectivity index is 0.00000200. The van der Waals surface area contributed by atoms with E-state index in [-0.39, 0.29) is 24.0 Å². The summed E-state index contributed by atoms with van der Waals surface area (Å²) in [6.07, 6.45) is 5.03. The molecule has 20 heavy (non-hydrogen) atoms. The Hall–Kier alpha value is -0.980. The molecule has 1 aliphatic carbocycles. The van der Waals surface area contributed by atoms with Crippen LogP contribution in [0.2, 0.25) is 0 Å². The van der Waals surface area contributed by atoms with Crippen LogP contribution >= 0.6 is 24.0 Å². The molecule has 0 saturated heterocycles. The van der Waals surface area contributed by atoms with Gasteiger partial charge in [0.1, 0.15) is 5.75 Å². The SMILES string of the molecule is CCCC1(CN=C(N)Nc2ccccc2OC)CC1.I. The Morgan fingerprint density at radius 2 is 2.10 bits per heavy atom. The summed E-state index contributed by atoms with van der Waals surface area (Å²) in [6, 6.07) is 7.70. The van der Waals surface area contributed by atoms with Gasteiger partial charge >= 0.3 is 0 Å². The second-order valence-electron chi connectivity index (χ2n) is 5.28. The van der Waals surface area contributed by atoms with Gasteiger partial charge in [0.25, 0.3) is 0 Å². The van der Waals surface area contributed by atoms with E-state index in [1.807, 2.05) is 24.3 Å². The number of hydrogen-bond donors (Lipinski definition) is 2. The normalized spacial score (nSPS) is 16.2.